The molecule has 21 heavy (non-hydrogen) atoms. The maximum absolute atomic E-state index is 13.2. The summed E-state index contributed by atoms with van der Waals surface area (Å²) in [5.74, 6) is -3.34. The van der Waals surface area contributed by atoms with Crippen LogP contribution in [0.4, 0.5) is 15.8 Å². The SMILES string of the molecule is CNc1ccc(F)cc1NC=C1C(=O)OC(C)(C)OC1=O. The van der Waals surface area contributed by atoms with E-state index in [2.05, 4.69) is 10.6 Å². The lowest BCUT2D eigenvalue weighted by Gasteiger charge is -2.29. The zero-order chi connectivity index (χ0) is 15.6. The van der Waals surface area contributed by atoms with Gasteiger partial charge in [-0.2, -0.15) is 0 Å². The van der Waals surface area contributed by atoms with Crippen LogP contribution in [0.1, 0.15) is 13.8 Å². The molecule has 7 heteroatoms. The van der Waals surface area contributed by atoms with Crippen molar-refractivity contribution in [2.45, 2.75) is 19.6 Å². The molecule has 1 heterocycles. The highest BCUT2D eigenvalue weighted by atomic mass is 19.1. The van der Waals surface area contributed by atoms with Gasteiger partial charge in [-0.05, 0) is 18.2 Å². The molecular weight excluding hydrogens is 279 g/mol. The highest BCUT2D eigenvalue weighted by Gasteiger charge is 2.38. The van der Waals surface area contributed by atoms with Crippen LogP contribution in [0.3, 0.4) is 0 Å². The highest BCUT2D eigenvalue weighted by Crippen LogP contribution is 2.25. The first-order valence-electron chi connectivity index (χ1n) is 6.23. The summed E-state index contributed by atoms with van der Waals surface area (Å²) in [6, 6.07) is 4.04. The van der Waals surface area contributed by atoms with Crippen molar-refractivity contribution < 1.29 is 23.5 Å². The molecule has 0 atom stereocenters. The Balaban J connectivity index is 2.23. The number of carbonyl (C=O) groups is 2. The van der Waals surface area contributed by atoms with E-state index in [0.29, 0.717) is 11.4 Å². The lowest BCUT2D eigenvalue weighted by atomic mass is 10.2. The molecule has 0 aromatic heterocycles. The summed E-state index contributed by atoms with van der Waals surface area (Å²) in [6.45, 7) is 2.91. The van der Waals surface area contributed by atoms with E-state index >= 15 is 0 Å². The van der Waals surface area contributed by atoms with Gasteiger partial charge in [0.25, 0.3) is 5.79 Å². The van der Waals surface area contributed by atoms with Crippen LogP contribution < -0.4 is 10.6 Å². The zero-order valence-corrected chi connectivity index (χ0v) is 11.8. The highest BCUT2D eigenvalue weighted by molar-refractivity contribution is 6.15. The molecule has 6 nitrogen and oxygen atoms in total. The molecule has 0 radical (unpaired) electrons. The number of esters is 2. The summed E-state index contributed by atoms with van der Waals surface area (Å²) in [5, 5.41) is 5.55. The third kappa shape index (κ3) is 3.31. The first-order chi connectivity index (χ1) is 9.82. The monoisotopic (exact) mass is 294 g/mol. The summed E-state index contributed by atoms with van der Waals surface area (Å²) in [5.41, 5.74) is 0.683. The molecular formula is C14H15FN2O4. The number of cyclic esters (lactones) is 2. The Kier molecular flexibility index (Phi) is 3.84. The number of hydrogen-bond acceptors (Lipinski definition) is 6. The van der Waals surface area contributed by atoms with Crippen molar-refractivity contribution in [3.63, 3.8) is 0 Å². The fraction of sp³-hybridized carbons (Fsp3) is 0.286. The Bertz CT molecular complexity index is 603. The molecule has 0 spiro atoms. The molecule has 1 aliphatic rings. The van der Waals surface area contributed by atoms with Crippen molar-refractivity contribution in [3.8, 4) is 0 Å². The van der Waals surface area contributed by atoms with Crippen LogP contribution in [0.25, 0.3) is 0 Å². The number of benzene rings is 1. The van der Waals surface area contributed by atoms with Crippen molar-refractivity contribution in [3.05, 3.63) is 35.8 Å². The van der Waals surface area contributed by atoms with Gasteiger partial charge in [0, 0.05) is 27.1 Å². The quantitative estimate of drug-likeness (QED) is 0.504. The minimum Gasteiger partial charge on any atom is -0.419 e. The number of ether oxygens (including phenoxy) is 2. The molecule has 0 aliphatic carbocycles. The third-order valence-corrected chi connectivity index (χ3v) is 2.74. The Morgan fingerprint density at radius 3 is 2.33 bits per heavy atom. The Morgan fingerprint density at radius 1 is 1.14 bits per heavy atom. The fourth-order valence-corrected chi connectivity index (χ4v) is 1.78. The predicted molar refractivity (Wildman–Crippen MR) is 73.9 cm³/mol. The van der Waals surface area contributed by atoms with Gasteiger partial charge in [0.15, 0.2) is 5.57 Å². The van der Waals surface area contributed by atoms with Crippen LogP contribution in [0, 0.1) is 5.82 Å². The van der Waals surface area contributed by atoms with Crippen molar-refractivity contribution in [1.82, 2.24) is 0 Å². The summed E-state index contributed by atoms with van der Waals surface area (Å²) in [4.78, 5) is 23.5. The Morgan fingerprint density at radius 2 is 1.76 bits per heavy atom. The molecule has 2 rings (SSSR count). The van der Waals surface area contributed by atoms with E-state index in [9.17, 15) is 14.0 Å². The second kappa shape index (κ2) is 5.43. The van der Waals surface area contributed by atoms with E-state index < -0.39 is 23.5 Å². The summed E-state index contributed by atoms with van der Waals surface area (Å²) in [7, 11) is 1.66. The second-order valence-corrected chi connectivity index (χ2v) is 4.82. The van der Waals surface area contributed by atoms with Gasteiger partial charge in [-0.3, -0.25) is 0 Å². The van der Waals surface area contributed by atoms with Gasteiger partial charge in [-0.1, -0.05) is 0 Å². The zero-order valence-electron chi connectivity index (χ0n) is 11.8. The van der Waals surface area contributed by atoms with Crippen LogP contribution in [-0.2, 0) is 19.1 Å². The maximum Gasteiger partial charge on any atom is 0.350 e. The molecule has 0 amide bonds. The van der Waals surface area contributed by atoms with Gasteiger partial charge in [0.1, 0.15) is 5.82 Å². The second-order valence-electron chi connectivity index (χ2n) is 4.82. The number of carbonyl (C=O) groups excluding carboxylic acids is 2. The lowest BCUT2D eigenvalue weighted by molar-refractivity contribution is -0.222. The average Bonchev–Trinajstić information content (AvgIpc) is 2.36. The Labute approximate surface area is 120 Å². The third-order valence-electron chi connectivity index (χ3n) is 2.74. The topological polar surface area (TPSA) is 76.7 Å². The van der Waals surface area contributed by atoms with Crippen molar-refractivity contribution in [1.29, 1.82) is 0 Å². The van der Waals surface area contributed by atoms with Crippen LogP contribution >= 0.6 is 0 Å². The van der Waals surface area contributed by atoms with Crippen LogP contribution in [0.5, 0.6) is 0 Å². The van der Waals surface area contributed by atoms with Crippen LogP contribution in [0.15, 0.2) is 30.0 Å². The van der Waals surface area contributed by atoms with Crippen molar-refractivity contribution in [2.75, 3.05) is 17.7 Å². The number of hydrogen-bond donors (Lipinski definition) is 2. The fourth-order valence-electron chi connectivity index (χ4n) is 1.78. The number of halogens is 1. The van der Waals surface area contributed by atoms with Gasteiger partial charge in [0.2, 0.25) is 0 Å². The minimum absolute atomic E-state index is 0.291. The molecule has 0 unspecified atom stereocenters. The van der Waals surface area contributed by atoms with Crippen LogP contribution in [-0.4, -0.2) is 24.8 Å². The minimum atomic E-state index is -1.29. The van der Waals surface area contributed by atoms with Gasteiger partial charge < -0.3 is 20.1 Å². The first-order valence-corrected chi connectivity index (χ1v) is 6.23. The molecule has 112 valence electrons. The molecule has 1 aromatic rings. The molecule has 2 N–H and O–H groups in total. The first kappa shape index (κ1) is 14.8. The Hall–Kier alpha value is -2.57. The molecule has 1 saturated heterocycles. The van der Waals surface area contributed by atoms with Crippen LogP contribution in [0.2, 0.25) is 0 Å². The van der Waals surface area contributed by atoms with Gasteiger partial charge in [-0.15, -0.1) is 0 Å². The van der Waals surface area contributed by atoms with Gasteiger partial charge >= 0.3 is 11.9 Å². The van der Waals surface area contributed by atoms with E-state index in [0.717, 1.165) is 6.20 Å². The number of nitrogens with one attached hydrogen (secondary N) is 2. The van der Waals surface area contributed by atoms with Gasteiger partial charge in [0.05, 0.1) is 11.4 Å². The molecule has 1 aliphatic heterocycles. The molecule has 1 aromatic carbocycles. The normalized spacial score (nSPS) is 16.9. The number of rotatable bonds is 3. The molecule has 0 bridgehead atoms. The largest absolute Gasteiger partial charge is 0.419 e. The predicted octanol–water partition coefficient (Wildman–Crippen LogP) is 2.00. The van der Waals surface area contributed by atoms with E-state index in [1.165, 1.54) is 32.0 Å². The van der Waals surface area contributed by atoms with E-state index in [-0.39, 0.29) is 5.57 Å². The molecule has 1 fully saturated rings. The van der Waals surface area contributed by atoms with Gasteiger partial charge in [-0.25, -0.2) is 14.0 Å². The average molecular weight is 294 g/mol. The summed E-state index contributed by atoms with van der Waals surface area (Å²) < 4.78 is 23.1. The molecule has 0 saturated carbocycles. The standard InChI is InChI=1S/C14H15FN2O4/c1-14(2)20-12(18)9(13(19)21-14)7-17-11-6-8(15)4-5-10(11)16-3/h4-7,16-17H,1-3H3. The van der Waals surface area contributed by atoms with E-state index in [1.54, 1.807) is 7.05 Å². The van der Waals surface area contributed by atoms with E-state index in [4.69, 9.17) is 9.47 Å². The summed E-state index contributed by atoms with van der Waals surface area (Å²) in [6.07, 6.45) is 1.13. The van der Waals surface area contributed by atoms with Crippen molar-refractivity contribution >= 4 is 23.3 Å². The number of anilines is 2. The smallest absolute Gasteiger partial charge is 0.350 e. The summed E-state index contributed by atoms with van der Waals surface area (Å²) >= 11 is 0. The maximum atomic E-state index is 13.2. The van der Waals surface area contributed by atoms with E-state index in [1.807, 2.05) is 0 Å². The van der Waals surface area contributed by atoms with Crippen molar-refractivity contribution in [2.24, 2.45) is 0 Å². The lowest BCUT2D eigenvalue weighted by Crippen LogP contribution is -2.42.